The maximum absolute atomic E-state index is 12.8. The number of amides is 1. The maximum Gasteiger partial charge on any atom is 0.255 e. The highest BCUT2D eigenvalue weighted by Gasteiger charge is 2.22. The molecule has 1 N–H and O–H groups in total. The van der Waals surface area contributed by atoms with Gasteiger partial charge in [-0.3, -0.25) is 9.89 Å². The van der Waals surface area contributed by atoms with Crippen LogP contribution in [0.3, 0.4) is 0 Å². The van der Waals surface area contributed by atoms with Crippen LogP contribution in [0, 0.1) is 6.92 Å². The number of pyridine rings is 1. The van der Waals surface area contributed by atoms with E-state index in [4.69, 9.17) is 4.74 Å². The van der Waals surface area contributed by atoms with Crippen molar-refractivity contribution in [2.75, 3.05) is 19.7 Å². The highest BCUT2D eigenvalue weighted by Crippen LogP contribution is 2.19. The number of rotatable bonds is 4. The molecular weight excluding hydrogens is 292 g/mol. The van der Waals surface area contributed by atoms with E-state index >= 15 is 0 Å². The molecule has 0 bridgehead atoms. The molecule has 1 amide bonds. The molecule has 0 spiro atoms. The minimum atomic E-state index is 0.0520. The second-order valence-corrected chi connectivity index (χ2v) is 6.16. The lowest BCUT2D eigenvalue weighted by atomic mass is 10.1. The minimum Gasteiger partial charge on any atom is -0.378 e. The normalized spacial score (nSPS) is 19.0. The Morgan fingerprint density at radius 1 is 1.43 bits per heavy atom. The van der Waals surface area contributed by atoms with Crippen LogP contribution in [0.2, 0.25) is 0 Å². The molecule has 6 heteroatoms. The van der Waals surface area contributed by atoms with Gasteiger partial charge in [0.15, 0.2) is 5.65 Å². The number of hydrogen-bond acceptors (Lipinski definition) is 4. The summed E-state index contributed by atoms with van der Waals surface area (Å²) >= 11 is 0. The van der Waals surface area contributed by atoms with Crippen LogP contribution in [-0.4, -0.2) is 51.8 Å². The zero-order chi connectivity index (χ0) is 16.2. The molecule has 1 saturated heterocycles. The number of aryl methyl sites for hydroxylation is 1. The van der Waals surface area contributed by atoms with Crippen molar-refractivity contribution < 1.29 is 9.53 Å². The summed E-state index contributed by atoms with van der Waals surface area (Å²) in [5, 5.41) is 7.92. The second kappa shape index (κ2) is 7.08. The smallest absolute Gasteiger partial charge is 0.255 e. The van der Waals surface area contributed by atoms with E-state index < -0.39 is 0 Å². The van der Waals surface area contributed by atoms with E-state index in [1.807, 2.05) is 17.9 Å². The third kappa shape index (κ3) is 3.52. The number of nitrogens with one attached hydrogen (secondary N) is 1. The first-order valence-corrected chi connectivity index (χ1v) is 8.40. The number of likely N-dealkylation sites (tertiary alicyclic amines) is 1. The van der Waals surface area contributed by atoms with Gasteiger partial charge in [0.1, 0.15) is 0 Å². The van der Waals surface area contributed by atoms with Crippen molar-refractivity contribution in [2.24, 2.45) is 0 Å². The molecule has 3 rings (SSSR count). The molecule has 3 heterocycles. The van der Waals surface area contributed by atoms with E-state index in [2.05, 4.69) is 22.1 Å². The Morgan fingerprint density at radius 2 is 2.30 bits per heavy atom. The molecule has 1 atom stereocenters. The van der Waals surface area contributed by atoms with Gasteiger partial charge in [0.25, 0.3) is 5.91 Å². The van der Waals surface area contributed by atoms with Gasteiger partial charge in [0.05, 0.1) is 11.7 Å². The van der Waals surface area contributed by atoms with Crippen molar-refractivity contribution in [1.82, 2.24) is 20.1 Å². The van der Waals surface area contributed by atoms with Crippen LogP contribution < -0.4 is 0 Å². The predicted molar refractivity (Wildman–Crippen MR) is 88.4 cm³/mol. The van der Waals surface area contributed by atoms with Crippen LogP contribution in [0.1, 0.15) is 48.7 Å². The Hall–Kier alpha value is -1.95. The van der Waals surface area contributed by atoms with Crippen molar-refractivity contribution in [2.45, 2.75) is 45.6 Å². The van der Waals surface area contributed by atoms with Crippen molar-refractivity contribution >= 4 is 16.9 Å². The molecule has 1 aliphatic heterocycles. The molecule has 1 aliphatic rings. The largest absolute Gasteiger partial charge is 0.378 e. The summed E-state index contributed by atoms with van der Waals surface area (Å²) < 4.78 is 5.85. The van der Waals surface area contributed by atoms with Gasteiger partial charge in [-0.2, -0.15) is 5.10 Å². The Balaban J connectivity index is 1.70. The van der Waals surface area contributed by atoms with Crippen LogP contribution in [0.25, 0.3) is 11.0 Å². The standard InChI is InChI=1S/C17H24N4O2/c1-3-9-23-14-5-4-7-21(8-6-14)17(22)13-10-15-12(2)19-20-16(15)18-11-13/h10-11,14H,3-9H2,1-2H3,(H,18,19,20). The van der Waals surface area contributed by atoms with E-state index in [9.17, 15) is 4.79 Å². The Bertz CT molecular complexity index is 682. The van der Waals surface area contributed by atoms with Gasteiger partial charge in [-0.15, -0.1) is 0 Å². The van der Waals surface area contributed by atoms with Gasteiger partial charge in [0, 0.05) is 37.0 Å². The summed E-state index contributed by atoms with van der Waals surface area (Å²) in [6.45, 7) is 6.39. The number of aromatic nitrogens is 3. The van der Waals surface area contributed by atoms with E-state index in [-0.39, 0.29) is 12.0 Å². The first kappa shape index (κ1) is 15.9. The van der Waals surface area contributed by atoms with Crippen molar-refractivity contribution in [3.05, 3.63) is 23.5 Å². The molecule has 0 radical (unpaired) electrons. The quantitative estimate of drug-likeness (QED) is 0.941. The third-order valence-electron chi connectivity index (χ3n) is 4.37. The van der Waals surface area contributed by atoms with Gasteiger partial charge < -0.3 is 9.64 Å². The monoisotopic (exact) mass is 316 g/mol. The zero-order valence-electron chi connectivity index (χ0n) is 13.8. The fraction of sp³-hybridized carbons (Fsp3) is 0.588. The van der Waals surface area contributed by atoms with E-state index in [1.165, 1.54) is 0 Å². The SMILES string of the molecule is CCCOC1CCCN(C(=O)c2cnc3n[nH]c(C)c3c2)CC1. The molecule has 6 nitrogen and oxygen atoms in total. The highest BCUT2D eigenvalue weighted by molar-refractivity contribution is 5.97. The number of hydrogen-bond donors (Lipinski definition) is 1. The number of carbonyl (C=O) groups is 1. The Kier molecular flexibility index (Phi) is 4.91. The van der Waals surface area contributed by atoms with Gasteiger partial charge in [0.2, 0.25) is 0 Å². The Labute approximate surface area is 136 Å². The first-order chi connectivity index (χ1) is 11.2. The topological polar surface area (TPSA) is 71.1 Å². The van der Waals surface area contributed by atoms with Crippen molar-refractivity contribution in [1.29, 1.82) is 0 Å². The average Bonchev–Trinajstić information content (AvgIpc) is 2.80. The van der Waals surface area contributed by atoms with Crippen LogP contribution >= 0.6 is 0 Å². The summed E-state index contributed by atoms with van der Waals surface area (Å²) in [7, 11) is 0. The van der Waals surface area contributed by atoms with Gasteiger partial charge in [-0.25, -0.2) is 4.98 Å². The Morgan fingerprint density at radius 3 is 3.13 bits per heavy atom. The van der Waals surface area contributed by atoms with E-state index in [1.54, 1.807) is 6.20 Å². The molecule has 23 heavy (non-hydrogen) atoms. The summed E-state index contributed by atoms with van der Waals surface area (Å²) in [5.74, 6) is 0.0520. The lowest BCUT2D eigenvalue weighted by Gasteiger charge is -2.20. The molecule has 1 unspecified atom stereocenters. The summed E-state index contributed by atoms with van der Waals surface area (Å²) in [6, 6.07) is 1.89. The van der Waals surface area contributed by atoms with Crippen LogP contribution in [0.15, 0.2) is 12.3 Å². The van der Waals surface area contributed by atoms with Gasteiger partial charge >= 0.3 is 0 Å². The predicted octanol–water partition coefficient (Wildman–Crippen LogP) is 2.69. The highest BCUT2D eigenvalue weighted by atomic mass is 16.5. The average molecular weight is 316 g/mol. The first-order valence-electron chi connectivity index (χ1n) is 8.40. The van der Waals surface area contributed by atoms with Crippen LogP contribution in [0.4, 0.5) is 0 Å². The van der Waals surface area contributed by atoms with Crippen molar-refractivity contribution in [3.63, 3.8) is 0 Å². The minimum absolute atomic E-state index is 0.0520. The molecule has 124 valence electrons. The molecule has 0 aliphatic carbocycles. The number of aromatic amines is 1. The summed E-state index contributed by atoms with van der Waals surface area (Å²) in [4.78, 5) is 19.0. The zero-order valence-corrected chi connectivity index (χ0v) is 13.8. The fourth-order valence-corrected chi connectivity index (χ4v) is 3.04. The fourth-order valence-electron chi connectivity index (χ4n) is 3.04. The molecule has 2 aromatic heterocycles. The number of carbonyl (C=O) groups excluding carboxylic acids is 1. The molecule has 2 aromatic rings. The second-order valence-electron chi connectivity index (χ2n) is 6.16. The number of H-pyrrole nitrogens is 1. The third-order valence-corrected chi connectivity index (χ3v) is 4.37. The summed E-state index contributed by atoms with van der Waals surface area (Å²) in [6.07, 6.45) is 5.87. The number of fused-ring (bicyclic) bond motifs is 1. The van der Waals surface area contributed by atoms with E-state index in [0.717, 1.165) is 56.5 Å². The van der Waals surface area contributed by atoms with Crippen LogP contribution in [0.5, 0.6) is 0 Å². The molecular formula is C17H24N4O2. The number of ether oxygens (including phenoxy) is 1. The van der Waals surface area contributed by atoms with Crippen molar-refractivity contribution in [3.8, 4) is 0 Å². The van der Waals surface area contributed by atoms with E-state index in [0.29, 0.717) is 11.2 Å². The molecule has 0 saturated carbocycles. The van der Waals surface area contributed by atoms with Gasteiger partial charge in [-0.1, -0.05) is 6.92 Å². The number of nitrogens with zero attached hydrogens (tertiary/aromatic N) is 3. The molecule has 0 aromatic carbocycles. The summed E-state index contributed by atoms with van der Waals surface area (Å²) in [5.41, 5.74) is 2.23. The lowest BCUT2D eigenvalue weighted by molar-refractivity contribution is 0.0432. The lowest BCUT2D eigenvalue weighted by Crippen LogP contribution is -2.32. The molecule has 1 fully saturated rings. The maximum atomic E-state index is 12.8. The van der Waals surface area contributed by atoms with Gasteiger partial charge in [-0.05, 0) is 38.7 Å². The van der Waals surface area contributed by atoms with Crippen LogP contribution in [-0.2, 0) is 4.74 Å².